The maximum Gasteiger partial charge on any atom is 0.331 e. The molecule has 5 rings (SSSR count). The average Bonchev–Trinajstić information content (AvgIpc) is 3.05. The molecule has 0 heterocycles. The molecule has 0 aliphatic heterocycles. The number of phenolic OH excluding ortho intramolecular Hbond substituents is 1. The van der Waals surface area contributed by atoms with Gasteiger partial charge in [-0.2, -0.15) is 0 Å². The fourth-order valence-corrected chi connectivity index (χ4v) is 4.48. The Morgan fingerprint density at radius 1 is 0.619 bits per heavy atom. The minimum absolute atomic E-state index is 0.294. The number of ether oxygens (including phenoxy) is 1. The molecule has 0 fully saturated rings. The molecule has 0 unspecified atom stereocenters. The maximum absolute atomic E-state index is 12.2. The second kappa shape index (κ2) is 14.8. The van der Waals surface area contributed by atoms with Crippen molar-refractivity contribution in [2.75, 3.05) is 0 Å². The molecule has 0 saturated heterocycles. The van der Waals surface area contributed by atoms with E-state index >= 15 is 0 Å². The number of esters is 1. The van der Waals surface area contributed by atoms with Crippen molar-refractivity contribution in [3.63, 3.8) is 0 Å². The number of carbonyl (C=O) groups is 1. The van der Waals surface area contributed by atoms with Crippen molar-refractivity contribution in [3.05, 3.63) is 198 Å². The van der Waals surface area contributed by atoms with Gasteiger partial charge in [0.05, 0.1) is 0 Å². The van der Waals surface area contributed by atoms with Crippen LogP contribution >= 0.6 is 0 Å². The predicted molar refractivity (Wildman–Crippen MR) is 173 cm³/mol. The van der Waals surface area contributed by atoms with Gasteiger partial charge in [0, 0.05) is 22.8 Å². The molecule has 0 aliphatic rings. The van der Waals surface area contributed by atoms with Crippen LogP contribution in [0.3, 0.4) is 0 Å². The first kappa shape index (κ1) is 29.6. The van der Waals surface area contributed by atoms with E-state index in [0.29, 0.717) is 5.75 Å². The molecule has 0 radical (unpaired) electrons. The topological polar surface area (TPSA) is 46.5 Å². The highest BCUT2D eigenvalue weighted by molar-refractivity contribution is 5.82. The summed E-state index contributed by atoms with van der Waals surface area (Å²) in [6, 6.07) is 44.8. The normalized spacial score (nSPS) is 11.1. The maximum atomic E-state index is 12.2. The Morgan fingerprint density at radius 2 is 1.00 bits per heavy atom. The Bertz CT molecular complexity index is 1450. The van der Waals surface area contributed by atoms with E-state index in [2.05, 4.69) is 43.8 Å². The third kappa shape index (κ3) is 7.83. The van der Waals surface area contributed by atoms with E-state index in [4.69, 9.17) is 9.84 Å². The van der Waals surface area contributed by atoms with Crippen LogP contribution in [-0.4, -0.2) is 11.1 Å². The van der Waals surface area contributed by atoms with Gasteiger partial charge in [0.25, 0.3) is 0 Å². The van der Waals surface area contributed by atoms with Crippen molar-refractivity contribution < 1.29 is 14.6 Å². The molecule has 42 heavy (non-hydrogen) atoms. The second-order valence-corrected chi connectivity index (χ2v) is 9.62. The quantitative estimate of drug-likeness (QED) is 0.0907. The molecule has 0 atom stereocenters. The molecular formula is C39H34O3. The minimum atomic E-state index is -1.02. The third-order valence-corrected chi connectivity index (χ3v) is 6.62. The van der Waals surface area contributed by atoms with Crippen LogP contribution in [0.5, 0.6) is 5.75 Å². The van der Waals surface area contributed by atoms with Crippen LogP contribution in [0.15, 0.2) is 164 Å². The summed E-state index contributed by atoms with van der Waals surface area (Å²) in [5.74, 6) is -0.172. The standard InChI is InChI=1S/C22H18O2.C17H16O/c1-2-21(23)24-22(18-12-6-3-7-13-18,19-14-8-4-9-15-19)20-16-10-5-11-17-20;1-14-6-8-15(9-7-14)4-2-3-5-16-10-12-17(18)13-11-16/h2-17H,1H2;2-13,18H,1H3. The summed E-state index contributed by atoms with van der Waals surface area (Å²) in [6.45, 7) is 5.63. The van der Waals surface area contributed by atoms with Gasteiger partial charge in [-0.15, -0.1) is 0 Å². The number of allylic oxidation sites excluding steroid dienone is 2. The Kier molecular flexibility index (Phi) is 10.4. The zero-order valence-corrected chi connectivity index (χ0v) is 23.6. The van der Waals surface area contributed by atoms with Gasteiger partial charge in [-0.3, -0.25) is 0 Å². The number of aryl methyl sites for hydroxylation is 1. The minimum Gasteiger partial charge on any atom is -0.508 e. The van der Waals surface area contributed by atoms with Crippen LogP contribution in [0, 0.1) is 6.92 Å². The highest BCUT2D eigenvalue weighted by atomic mass is 16.6. The lowest BCUT2D eigenvalue weighted by molar-refractivity contribution is -0.147. The monoisotopic (exact) mass is 550 g/mol. The lowest BCUT2D eigenvalue weighted by atomic mass is 9.80. The van der Waals surface area contributed by atoms with Gasteiger partial charge in [0.15, 0.2) is 5.60 Å². The van der Waals surface area contributed by atoms with Gasteiger partial charge < -0.3 is 9.84 Å². The molecule has 0 saturated carbocycles. The van der Waals surface area contributed by atoms with Gasteiger partial charge >= 0.3 is 5.97 Å². The molecule has 0 spiro atoms. The molecule has 5 aromatic carbocycles. The first-order valence-electron chi connectivity index (χ1n) is 13.7. The smallest absolute Gasteiger partial charge is 0.331 e. The van der Waals surface area contributed by atoms with Gasteiger partial charge in [0.1, 0.15) is 5.75 Å². The summed E-state index contributed by atoms with van der Waals surface area (Å²) in [4.78, 5) is 12.2. The van der Waals surface area contributed by atoms with Crippen LogP contribution in [0.4, 0.5) is 0 Å². The Hall–Kier alpha value is -5.41. The van der Waals surface area contributed by atoms with Crippen molar-refractivity contribution in [1.29, 1.82) is 0 Å². The molecule has 3 nitrogen and oxygen atoms in total. The zero-order chi connectivity index (χ0) is 29.6. The lowest BCUT2D eigenvalue weighted by Gasteiger charge is -2.34. The Morgan fingerprint density at radius 3 is 1.38 bits per heavy atom. The lowest BCUT2D eigenvalue weighted by Crippen LogP contribution is -2.34. The summed E-state index contributed by atoms with van der Waals surface area (Å²) in [5.41, 5.74) is 5.17. The van der Waals surface area contributed by atoms with E-state index in [0.717, 1.165) is 22.3 Å². The van der Waals surface area contributed by atoms with Crippen molar-refractivity contribution in [3.8, 4) is 5.75 Å². The average molecular weight is 551 g/mol. The Labute approximate surface area is 248 Å². The summed E-state index contributed by atoms with van der Waals surface area (Å²) >= 11 is 0. The van der Waals surface area contributed by atoms with Gasteiger partial charge in [-0.05, 0) is 30.2 Å². The predicted octanol–water partition coefficient (Wildman–Crippen LogP) is 9.13. The number of hydrogen-bond acceptors (Lipinski definition) is 3. The molecule has 3 heteroatoms. The number of rotatable bonds is 8. The molecule has 5 aromatic rings. The number of hydrogen-bond donors (Lipinski definition) is 1. The summed E-state index contributed by atoms with van der Waals surface area (Å²) < 4.78 is 5.99. The van der Waals surface area contributed by atoms with E-state index in [-0.39, 0.29) is 0 Å². The molecule has 208 valence electrons. The molecule has 1 N–H and O–H groups in total. The van der Waals surface area contributed by atoms with Gasteiger partial charge in [-0.25, -0.2) is 4.79 Å². The van der Waals surface area contributed by atoms with Crippen LogP contribution in [0.25, 0.3) is 12.2 Å². The van der Waals surface area contributed by atoms with Crippen molar-refractivity contribution in [1.82, 2.24) is 0 Å². The fraction of sp³-hybridized carbons (Fsp3) is 0.0513. The Balaban J connectivity index is 0.000000201. The second-order valence-electron chi connectivity index (χ2n) is 9.62. The highest BCUT2D eigenvalue weighted by Crippen LogP contribution is 2.40. The highest BCUT2D eigenvalue weighted by Gasteiger charge is 2.39. The summed E-state index contributed by atoms with van der Waals surface area (Å²) in [7, 11) is 0. The molecular weight excluding hydrogens is 516 g/mol. The molecule has 0 aliphatic carbocycles. The van der Waals surface area contributed by atoms with Crippen LogP contribution < -0.4 is 0 Å². The summed E-state index contributed by atoms with van der Waals surface area (Å²) in [6.07, 6.45) is 9.27. The first-order valence-corrected chi connectivity index (χ1v) is 13.7. The molecule has 0 amide bonds. The van der Waals surface area contributed by atoms with E-state index in [1.54, 1.807) is 12.1 Å². The van der Waals surface area contributed by atoms with E-state index in [9.17, 15) is 4.79 Å². The molecule has 0 aromatic heterocycles. The van der Waals surface area contributed by atoms with Crippen molar-refractivity contribution in [2.45, 2.75) is 12.5 Å². The number of benzene rings is 5. The van der Waals surface area contributed by atoms with Crippen LogP contribution in [-0.2, 0) is 15.1 Å². The first-order chi connectivity index (χ1) is 20.5. The van der Waals surface area contributed by atoms with Crippen LogP contribution in [0.1, 0.15) is 33.4 Å². The largest absolute Gasteiger partial charge is 0.508 e. The number of carbonyl (C=O) groups excluding carboxylic acids is 1. The van der Waals surface area contributed by atoms with E-state index < -0.39 is 11.6 Å². The fourth-order valence-electron chi connectivity index (χ4n) is 4.48. The van der Waals surface area contributed by atoms with E-state index in [1.165, 1.54) is 17.2 Å². The SMILES string of the molecule is C=CC(=O)OC(c1ccccc1)(c1ccccc1)c1ccccc1.Cc1ccc(C=CC=Cc2ccc(O)cc2)cc1. The number of phenols is 1. The number of aromatic hydroxyl groups is 1. The zero-order valence-electron chi connectivity index (χ0n) is 23.6. The van der Waals surface area contributed by atoms with Crippen LogP contribution in [0.2, 0.25) is 0 Å². The van der Waals surface area contributed by atoms with Crippen molar-refractivity contribution >= 4 is 18.1 Å². The van der Waals surface area contributed by atoms with Gasteiger partial charge in [0.2, 0.25) is 0 Å². The third-order valence-electron chi connectivity index (χ3n) is 6.62. The van der Waals surface area contributed by atoms with Gasteiger partial charge in [-0.1, -0.05) is 164 Å². The molecule has 0 bridgehead atoms. The summed E-state index contributed by atoms with van der Waals surface area (Å²) in [5, 5.41) is 9.16. The van der Waals surface area contributed by atoms with E-state index in [1.807, 2.05) is 121 Å². The van der Waals surface area contributed by atoms with Crippen molar-refractivity contribution in [2.24, 2.45) is 0 Å².